The fourth-order valence-corrected chi connectivity index (χ4v) is 3.66. The fraction of sp³-hybridized carbons (Fsp3) is 0.176. The van der Waals surface area contributed by atoms with Crippen molar-refractivity contribution in [2.75, 3.05) is 5.32 Å². The molecule has 0 bridgehead atoms. The van der Waals surface area contributed by atoms with Crippen molar-refractivity contribution >= 4 is 39.1 Å². The van der Waals surface area contributed by atoms with E-state index in [0.717, 1.165) is 21.3 Å². The molecular formula is C17H16N2O3S. The van der Waals surface area contributed by atoms with Crippen LogP contribution >= 0.6 is 11.3 Å². The average Bonchev–Trinajstić information content (AvgIpc) is 3.01. The summed E-state index contributed by atoms with van der Waals surface area (Å²) in [7, 11) is 0. The molecule has 0 saturated carbocycles. The third-order valence-electron chi connectivity index (χ3n) is 3.88. The normalized spacial score (nSPS) is 10.9. The zero-order chi connectivity index (χ0) is 16.6. The first-order valence-corrected chi connectivity index (χ1v) is 7.97. The van der Waals surface area contributed by atoms with Gasteiger partial charge in [0, 0.05) is 22.0 Å². The summed E-state index contributed by atoms with van der Waals surface area (Å²) in [6.45, 7) is 3.60. The Kier molecular flexibility index (Phi) is 3.92. The molecule has 0 aliphatic rings. The van der Waals surface area contributed by atoms with Crippen molar-refractivity contribution in [2.24, 2.45) is 0 Å². The van der Waals surface area contributed by atoms with E-state index in [9.17, 15) is 14.7 Å². The number of thiophene rings is 1. The summed E-state index contributed by atoms with van der Waals surface area (Å²) in [4.78, 5) is 27.7. The minimum atomic E-state index is -1.02. The number of hydrogen-bond acceptors (Lipinski definition) is 3. The Bertz CT molecular complexity index is 908. The molecule has 0 fully saturated rings. The highest BCUT2D eigenvalue weighted by molar-refractivity contribution is 7.16. The lowest BCUT2D eigenvalue weighted by molar-refractivity contribution is -0.115. The zero-order valence-electron chi connectivity index (χ0n) is 12.8. The van der Waals surface area contributed by atoms with Crippen molar-refractivity contribution in [2.45, 2.75) is 20.3 Å². The summed E-state index contributed by atoms with van der Waals surface area (Å²) in [6.07, 6.45) is 2.01. The number of carboxylic acid groups (broad SMARTS) is 1. The average molecular weight is 328 g/mol. The maximum absolute atomic E-state index is 12.3. The SMILES string of the molecule is Cc1sc(NC(=O)Cc2c[nH]c3ccccc23)c(C(=O)O)c1C. The Balaban J connectivity index is 1.83. The third kappa shape index (κ3) is 2.85. The maximum Gasteiger partial charge on any atom is 0.338 e. The first-order valence-electron chi connectivity index (χ1n) is 7.15. The molecule has 3 N–H and O–H groups in total. The Morgan fingerprint density at radius 1 is 1.26 bits per heavy atom. The number of aromatic amines is 1. The van der Waals surface area contributed by atoms with Gasteiger partial charge in [-0.2, -0.15) is 0 Å². The molecule has 3 rings (SSSR count). The molecule has 0 aliphatic heterocycles. The summed E-state index contributed by atoms with van der Waals surface area (Å²) < 4.78 is 0. The molecule has 0 saturated heterocycles. The van der Waals surface area contributed by atoms with Gasteiger partial charge < -0.3 is 15.4 Å². The number of para-hydroxylation sites is 1. The molecular weight excluding hydrogens is 312 g/mol. The van der Waals surface area contributed by atoms with E-state index in [1.54, 1.807) is 6.92 Å². The van der Waals surface area contributed by atoms with E-state index in [4.69, 9.17) is 0 Å². The number of anilines is 1. The maximum atomic E-state index is 12.3. The second kappa shape index (κ2) is 5.89. The number of carbonyl (C=O) groups excluding carboxylic acids is 1. The number of H-pyrrole nitrogens is 1. The van der Waals surface area contributed by atoms with E-state index in [1.807, 2.05) is 37.4 Å². The zero-order valence-corrected chi connectivity index (χ0v) is 13.6. The number of carbonyl (C=O) groups is 2. The van der Waals surface area contributed by atoms with Crippen molar-refractivity contribution < 1.29 is 14.7 Å². The van der Waals surface area contributed by atoms with Gasteiger partial charge in [0.1, 0.15) is 5.00 Å². The number of aromatic carboxylic acids is 1. The van der Waals surface area contributed by atoms with E-state index < -0.39 is 5.97 Å². The fourth-order valence-electron chi connectivity index (χ4n) is 2.59. The standard InChI is InChI=1S/C17H16N2O3S/c1-9-10(2)23-16(15(9)17(21)22)19-14(20)7-11-8-18-13-6-4-3-5-12(11)13/h3-6,8,18H,7H2,1-2H3,(H,19,20)(H,21,22). The molecule has 0 atom stereocenters. The Hall–Kier alpha value is -2.60. The predicted octanol–water partition coefficient (Wildman–Crippen LogP) is 3.73. The van der Waals surface area contributed by atoms with Gasteiger partial charge in [0.25, 0.3) is 0 Å². The van der Waals surface area contributed by atoms with Crippen molar-refractivity contribution in [3.05, 3.63) is 52.0 Å². The van der Waals surface area contributed by atoms with Gasteiger partial charge in [-0.15, -0.1) is 11.3 Å². The van der Waals surface area contributed by atoms with Crippen LogP contribution in [-0.4, -0.2) is 22.0 Å². The summed E-state index contributed by atoms with van der Waals surface area (Å²) in [5.41, 5.74) is 2.74. The Morgan fingerprint density at radius 3 is 2.74 bits per heavy atom. The van der Waals surface area contributed by atoms with Crippen LogP contribution in [0.15, 0.2) is 30.5 Å². The van der Waals surface area contributed by atoms with Crippen LogP contribution in [0.25, 0.3) is 10.9 Å². The van der Waals surface area contributed by atoms with Crippen LogP contribution in [0.3, 0.4) is 0 Å². The molecule has 6 heteroatoms. The van der Waals surface area contributed by atoms with Crippen LogP contribution in [0.1, 0.15) is 26.4 Å². The van der Waals surface area contributed by atoms with Crippen LogP contribution < -0.4 is 5.32 Å². The van der Waals surface area contributed by atoms with Crippen molar-refractivity contribution in [3.8, 4) is 0 Å². The summed E-state index contributed by atoms with van der Waals surface area (Å²) in [5, 5.41) is 13.5. The smallest absolute Gasteiger partial charge is 0.338 e. The van der Waals surface area contributed by atoms with E-state index in [1.165, 1.54) is 11.3 Å². The van der Waals surface area contributed by atoms with Gasteiger partial charge in [0.15, 0.2) is 0 Å². The van der Waals surface area contributed by atoms with Crippen molar-refractivity contribution in [1.82, 2.24) is 4.98 Å². The van der Waals surface area contributed by atoms with E-state index >= 15 is 0 Å². The lowest BCUT2D eigenvalue weighted by atomic mass is 10.1. The highest BCUT2D eigenvalue weighted by Crippen LogP contribution is 2.32. The third-order valence-corrected chi connectivity index (χ3v) is 5.00. The van der Waals surface area contributed by atoms with Gasteiger partial charge in [-0.05, 0) is 31.0 Å². The number of fused-ring (bicyclic) bond motifs is 1. The molecule has 0 unspecified atom stereocenters. The Morgan fingerprint density at radius 2 is 2.00 bits per heavy atom. The van der Waals surface area contributed by atoms with E-state index in [-0.39, 0.29) is 17.9 Å². The molecule has 23 heavy (non-hydrogen) atoms. The van der Waals surface area contributed by atoms with Gasteiger partial charge in [-0.3, -0.25) is 4.79 Å². The monoisotopic (exact) mass is 328 g/mol. The summed E-state index contributed by atoms with van der Waals surface area (Å²) >= 11 is 1.29. The second-order valence-corrected chi connectivity index (χ2v) is 6.60. The minimum Gasteiger partial charge on any atom is -0.478 e. The molecule has 0 spiro atoms. The Labute approximate surface area is 137 Å². The van der Waals surface area contributed by atoms with Crippen LogP contribution in [0, 0.1) is 13.8 Å². The van der Waals surface area contributed by atoms with Crippen molar-refractivity contribution in [1.29, 1.82) is 0 Å². The molecule has 118 valence electrons. The lowest BCUT2D eigenvalue weighted by Gasteiger charge is -2.04. The molecule has 2 heterocycles. The number of hydrogen-bond donors (Lipinski definition) is 3. The predicted molar refractivity (Wildman–Crippen MR) is 91.4 cm³/mol. The van der Waals surface area contributed by atoms with Crippen LogP contribution in [0.5, 0.6) is 0 Å². The molecule has 1 amide bonds. The number of aromatic nitrogens is 1. The van der Waals surface area contributed by atoms with Gasteiger partial charge >= 0.3 is 5.97 Å². The lowest BCUT2D eigenvalue weighted by Crippen LogP contribution is -2.15. The number of benzene rings is 1. The van der Waals surface area contributed by atoms with Crippen molar-refractivity contribution in [3.63, 3.8) is 0 Å². The molecule has 0 radical (unpaired) electrons. The first kappa shape index (κ1) is 15.3. The molecule has 2 aromatic heterocycles. The highest BCUT2D eigenvalue weighted by Gasteiger charge is 2.20. The number of nitrogens with one attached hydrogen (secondary N) is 2. The van der Waals surface area contributed by atoms with Gasteiger partial charge in [-0.25, -0.2) is 4.79 Å². The molecule has 1 aromatic carbocycles. The summed E-state index contributed by atoms with van der Waals surface area (Å²) in [5.74, 6) is -1.24. The largest absolute Gasteiger partial charge is 0.478 e. The van der Waals surface area contributed by atoms with Gasteiger partial charge in [0.2, 0.25) is 5.91 Å². The highest BCUT2D eigenvalue weighted by atomic mass is 32.1. The molecule has 0 aliphatic carbocycles. The van der Waals surface area contributed by atoms with Crippen LogP contribution in [-0.2, 0) is 11.2 Å². The molecule has 3 aromatic rings. The quantitative estimate of drug-likeness (QED) is 0.682. The van der Waals surface area contributed by atoms with E-state index in [2.05, 4.69) is 10.3 Å². The number of rotatable bonds is 4. The minimum absolute atomic E-state index is 0.180. The molecule has 5 nitrogen and oxygen atoms in total. The number of carboxylic acids is 1. The van der Waals surface area contributed by atoms with Crippen LogP contribution in [0.4, 0.5) is 5.00 Å². The number of aryl methyl sites for hydroxylation is 1. The van der Waals surface area contributed by atoms with Gasteiger partial charge in [-0.1, -0.05) is 18.2 Å². The second-order valence-electron chi connectivity index (χ2n) is 5.38. The topological polar surface area (TPSA) is 82.2 Å². The summed E-state index contributed by atoms with van der Waals surface area (Å²) in [6, 6.07) is 7.76. The van der Waals surface area contributed by atoms with Crippen LogP contribution in [0.2, 0.25) is 0 Å². The van der Waals surface area contributed by atoms with Gasteiger partial charge in [0.05, 0.1) is 12.0 Å². The van der Waals surface area contributed by atoms with E-state index in [0.29, 0.717) is 10.6 Å². The number of amides is 1. The first-order chi connectivity index (χ1) is 11.0.